The normalized spacial score (nSPS) is 16.6. The van der Waals surface area contributed by atoms with Crippen LogP contribution in [-0.2, 0) is 6.54 Å². The van der Waals surface area contributed by atoms with Crippen molar-refractivity contribution in [3.05, 3.63) is 77.0 Å². The predicted octanol–water partition coefficient (Wildman–Crippen LogP) is 5.70. The van der Waals surface area contributed by atoms with Gasteiger partial charge in [0.1, 0.15) is 11.6 Å². The zero-order valence-corrected chi connectivity index (χ0v) is 18.4. The molecule has 0 spiro atoms. The highest BCUT2D eigenvalue weighted by atomic mass is 19.1. The molecule has 1 unspecified atom stereocenters. The van der Waals surface area contributed by atoms with E-state index < -0.39 is 0 Å². The molecule has 164 valence electrons. The smallest absolute Gasteiger partial charge is 0.254 e. The summed E-state index contributed by atoms with van der Waals surface area (Å²) in [5, 5.41) is 3.38. The first-order valence-electron chi connectivity index (χ1n) is 11.3. The van der Waals surface area contributed by atoms with E-state index in [1.807, 2.05) is 38.1 Å². The van der Waals surface area contributed by atoms with Gasteiger partial charge in [-0.1, -0.05) is 18.6 Å². The van der Waals surface area contributed by atoms with Crippen molar-refractivity contribution in [3.63, 3.8) is 0 Å². The second-order valence-electron chi connectivity index (χ2n) is 8.71. The summed E-state index contributed by atoms with van der Waals surface area (Å²) in [4.78, 5) is 23.2. The van der Waals surface area contributed by atoms with Crippen LogP contribution in [0.4, 0.5) is 10.2 Å². The van der Waals surface area contributed by atoms with Crippen LogP contribution in [-0.4, -0.2) is 27.3 Å². The van der Waals surface area contributed by atoms with E-state index in [-0.39, 0.29) is 17.8 Å². The number of halogens is 1. The van der Waals surface area contributed by atoms with E-state index in [9.17, 15) is 4.79 Å². The second kappa shape index (κ2) is 8.34. The monoisotopic (exact) mass is 430 g/mol. The molecule has 1 atom stereocenters. The Morgan fingerprint density at radius 2 is 1.94 bits per heavy atom. The van der Waals surface area contributed by atoms with Crippen molar-refractivity contribution in [1.29, 1.82) is 0 Å². The molecular weight excluding hydrogens is 403 g/mol. The van der Waals surface area contributed by atoms with E-state index in [2.05, 4.69) is 15.3 Å². The van der Waals surface area contributed by atoms with Crippen molar-refractivity contribution < 1.29 is 9.18 Å². The fraction of sp³-hybridized carbons (Fsp3) is 0.346. The lowest BCUT2D eigenvalue weighted by molar-refractivity contribution is 0.0787. The highest BCUT2D eigenvalue weighted by Crippen LogP contribution is 2.37. The molecule has 1 saturated carbocycles. The highest BCUT2D eigenvalue weighted by molar-refractivity contribution is 5.99. The van der Waals surface area contributed by atoms with Crippen LogP contribution in [0.15, 0.2) is 48.8 Å². The van der Waals surface area contributed by atoms with Crippen LogP contribution in [0.5, 0.6) is 0 Å². The average molecular weight is 431 g/mol. The molecule has 1 aliphatic heterocycles. The van der Waals surface area contributed by atoms with Crippen molar-refractivity contribution in [3.8, 4) is 11.1 Å². The number of amides is 1. The topological polar surface area (TPSA) is 58.1 Å². The number of anilines is 1. The van der Waals surface area contributed by atoms with Gasteiger partial charge in [-0.3, -0.25) is 9.78 Å². The Kier molecular flexibility index (Phi) is 5.37. The number of benzene rings is 1. The standard InChI is InChI=1S/C26H27FN4O/c1-3-31-15-22-21(26(31)32)10-12-29-25(22)30-16(2)18-7-8-20(23(27)13-18)19-9-11-28-24(14-19)17-5-4-6-17/h7-14,16-17H,3-6,15H2,1-2H3,(H,29,30). The zero-order chi connectivity index (χ0) is 22.2. The maximum absolute atomic E-state index is 15.1. The molecular formula is C26H27FN4O. The fourth-order valence-electron chi connectivity index (χ4n) is 4.53. The van der Waals surface area contributed by atoms with Crippen LogP contribution in [0, 0.1) is 5.82 Å². The number of aromatic nitrogens is 2. The van der Waals surface area contributed by atoms with Gasteiger partial charge in [0.25, 0.3) is 5.91 Å². The van der Waals surface area contributed by atoms with Crippen LogP contribution in [0.3, 0.4) is 0 Å². The number of carbonyl (C=O) groups excluding carboxylic acids is 1. The molecule has 6 heteroatoms. The number of pyridine rings is 2. The first-order valence-corrected chi connectivity index (χ1v) is 11.3. The van der Waals surface area contributed by atoms with E-state index >= 15 is 4.39 Å². The van der Waals surface area contributed by atoms with Crippen molar-refractivity contribution >= 4 is 11.7 Å². The minimum atomic E-state index is -0.250. The Morgan fingerprint density at radius 3 is 2.66 bits per heavy atom. The number of hydrogen-bond donors (Lipinski definition) is 1. The van der Waals surface area contributed by atoms with E-state index in [1.165, 1.54) is 19.3 Å². The molecule has 1 amide bonds. The number of rotatable bonds is 6. The van der Waals surface area contributed by atoms with Crippen molar-refractivity contribution in [2.45, 2.75) is 51.6 Å². The molecule has 3 aromatic rings. The molecule has 1 N–H and O–H groups in total. The van der Waals surface area contributed by atoms with Gasteiger partial charge in [-0.25, -0.2) is 9.37 Å². The third-order valence-corrected chi connectivity index (χ3v) is 6.77. The van der Waals surface area contributed by atoms with Gasteiger partial charge in [-0.2, -0.15) is 0 Å². The van der Waals surface area contributed by atoms with E-state index in [1.54, 1.807) is 29.4 Å². The third-order valence-electron chi connectivity index (χ3n) is 6.77. The molecule has 2 aliphatic rings. The molecule has 2 aromatic heterocycles. The molecule has 1 fully saturated rings. The number of hydrogen-bond acceptors (Lipinski definition) is 4. The molecule has 0 bridgehead atoms. The molecule has 1 aromatic carbocycles. The van der Waals surface area contributed by atoms with Crippen molar-refractivity contribution in [2.75, 3.05) is 11.9 Å². The van der Waals surface area contributed by atoms with Gasteiger partial charge in [0.05, 0.1) is 12.6 Å². The first kappa shape index (κ1) is 20.6. The summed E-state index contributed by atoms with van der Waals surface area (Å²) >= 11 is 0. The van der Waals surface area contributed by atoms with Crippen LogP contribution in [0.25, 0.3) is 11.1 Å². The molecule has 3 heterocycles. The molecule has 0 saturated heterocycles. The highest BCUT2D eigenvalue weighted by Gasteiger charge is 2.29. The van der Waals surface area contributed by atoms with Crippen molar-refractivity contribution in [1.82, 2.24) is 14.9 Å². The molecule has 5 nitrogen and oxygen atoms in total. The van der Waals surface area contributed by atoms with E-state index in [4.69, 9.17) is 0 Å². The molecule has 1 aliphatic carbocycles. The number of nitrogens with zero attached hydrogens (tertiary/aromatic N) is 3. The van der Waals surface area contributed by atoms with Crippen LogP contribution in [0.2, 0.25) is 0 Å². The largest absolute Gasteiger partial charge is 0.363 e. The van der Waals surface area contributed by atoms with Crippen LogP contribution < -0.4 is 5.32 Å². The van der Waals surface area contributed by atoms with Gasteiger partial charge < -0.3 is 10.2 Å². The van der Waals surface area contributed by atoms with Gasteiger partial charge in [-0.15, -0.1) is 0 Å². The summed E-state index contributed by atoms with van der Waals surface area (Å²) in [5.41, 5.74) is 4.95. The Morgan fingerprint density at radius 1 is 1.12 bits per heavy atom. The average Bonchev–Trinajstić information content (AvgIpc) is 3.09. The SMILES string of the molecule is CCN1Cc2c(ccnc2NC(C)c2ccc(-c3ccnc(C4CCC4)c3)c(F)c2)C1=O. The van der Waals surface area contributed by atoms with Crippen molar-refractivity contribution in [2.24, 2.45) is 0 Å². The molecule has 5 rings (SSSR count). The summed E-state index contributed by atoms with van der Waals surface area (Å²) in [7, 11) is 0. The quantitative estimate of drug-likeness (QED) is 0.545. The number of fused-ring (bicyclic) bond motifs is 1. The van der Waals surface area contributed by atoms with E-state index in [0.717, 1.165) is 22.4 Å². The summed E-state index contributed by atoms with van der Waals surface area (Å²) in [6.45, 7) is 5.15. The number of nitrogens with one attached hydrogen (secondary N) is 1. The minimum Gasteiger partial charge on any atom is -0.363 e. The summed E-state index contributed by atoms with van der Waals surface area (Å²) in [6.07, 6.45) is 7.01. The van der Waals surface area contributed by atoms with Gasteiger partial charge in [0, 0.05) is 47.2 Å². The third kappa shape index (κ3) is 3.64. The van der Waals surface area contributed by atoms with Gasteiger partial charge in [0.15, 0.2) is 0 Å². The summed E-state index contributed by atoms with van der Waals surface area (Å²) < 4.78 is 15.1. The summed E-state index contributed by atoms with van der Waals surface area (Å²) in [5.74, 6) is 0.982. The Bertz CT molecular complexity index is 1170. The maximum atomic E-state index is 15.1. The Labute approximate surface area is 187 Å². The summed E-state index contributed by atoms with van der Waals surface area (Å²) in [6, 6.07) is 10.9. The first-order chi connectivity index (χ1) is 15.5. The number of carbonyl (C=O) groups is 1. The van der Waals surface area contributed by atoms with Gasteiger partial charge in [-0.05, 0) is 62.1 Å². The predicted molar refractivity (Wildman–Crippen MR) is 123 cm³/mol. The van der Waals surface area contributed by atoms with Crippen LogP contribution >= 0.6 is 0 Å². The zero-order valence-electron chi connectivity index (χ0n) is 18.4. The Hall–Kier alpha value is -3.28. The van der Waals surface area contributed by atoms with Crippen LogP contribution in [0.1, 0.15) is 72.2 Å². The van der Waals surface area contributed by atoms with Gasteiger partial charge >= 0.3 is 0 Å². The molecule has 32 heavy (non-hydrogen) atoms. The Balaban J connectivity index is 1.37. The maximum Gasteiger partial charge on any atom is 0.254 e. The van der Waals surface area contributed by atoms with Gasteiger partial charge in [0.2, 0.25) is 0 Å². The fourth-order valence-corrected chi connectivity index (χ4v) is 4.53. The van der Waals surface area contributed by atoms with E-state index in [0.29, 0.717) is 36.0 Å². The molecule has 0 radical (unpaired) electrons. The lowest BCUT2D eigenvalue weighted by Crippen LogP contribution is -2.22. The lowest BCUT2D eigenvalue weighted by atomic mass is 9.82. The minimum absolute atomic E-state index is 0.0367. The lowest BCUT2D eigenvalue weighted by Gasteiger charge is -2.25. The second-order valence-corrected chi connectivity index (χ2v) is 8.71.